The molecule has 0 aromatic carbocycles. The molecule has 0 saturated heterocycles. The van der Waals surface area contributed by atoms with E-state index in [4.69, 9.17) is 5.73 Å². The number of hydrogen-bond donors (Lipinski definition) is 1. The zero-order valence-corrected chi connectivity index (χ0v) is 11.9. The van der Waals surface area contributed by atoms with Crippen molar-refractivity contribution in [2.45, 2.75) is 45.7 Å². The molecule has 0 bridgehead atoms. The van der Waals surface area contributed by atoms with E-state index in [0.717, 1.165) is 29.4 Å². The second kappa shape index (κ2) is 5.63. The van der Waals surface area contributed by atoms with Crippen LogP contribution in [0.4, 0.5) is 0 Å². The molecule has 0 fully saturated rings. The van der Waals surface area contributed by atoms with Gasteiger partial charge in [0.05, 0.1) is 30.0 Å². The van der Waals surface area contributed by atoms with E-state index >= 15 is 0 Å². The van der Waals surface area contributed by atoms with Crippen molar-refractivity contribution < 1.29 is 0 Å². The smallest absolute Gasteiger partial charge is 0.116 e. The summed E-state index contributed by atoms with van der Waals surface area (Å²) in [7, 11) is 0. The first-order chi connectivity index (χ1) is 8.63. The number of thiazole rings is 1. The highest BCUT2D eigenvalue weighted by Gasteiger charge is 2.17. The molecule has 0 spiro atoms. The van der Waals surface area contributed by atoms with E-state index in [1.807, 2.05) is 12.5 Å². The summed E-state index contributed by atoms with van der Waals surface area (Å²) < 4.78 is 2.11. The van der Waals surface area contributed by atoms with Gasteiger partial charge < -0.3 is 10.3 Å². The van der Waals surface area contributed by atoms with Crippen molar-refractivity contribution in [2.75, 3.05) is 0 Å². The lowest BCUT2D eigenvalue weighted by molar-refractivity contribution is 0.623. The van der Waals surface area contributed by atoms with Gasteiger partial charge in [0.25, 0.3) is 0 Å². The summed E-state index contributed by atoms with van der Waals surface area (Å²) in [5, 5.41) is 3.07. The van der Waals surface area contributed by atoms with Crippen LogP contribution in [0.5, 0.6) is 0 Å². The number of aromatic nitrogens is 3. The van der Waals surface area contributed by atoms with Gasteiger partial charge in [-0.1, -0.05) is 20.8 Å². The predicted molar refractivity (Wildman–Crippen MR) is 74.8 cm³/mol. The first-order valence-corrected chi connectivity index (χ1v) is 7.22. The van der Waals surface area contributed by atoms with E-state index in [9.17, 15) is 0 Å². The summed E-state index contributed by atoms with van der Waals surface area (Å²) in [5.74, 6) is 0.447. The molecular formula is C13H20N4S. The zero-order valence-electron chi connectivity index (χ0n) is 11.1. The molecule has 5 heteroatoms. The topological polar surface area (TPSA) is 56.7 Å². The van der Waals surface area contributed by atoms with Gasteiger partial charge >= 0.3 is 0 Å². The quantitative estimate of drug-likeness (QED) is 0.903. The molecule has 2 aromatic rings. The maximum absolute atomic E-state index is 6.29. The molecule has 0 aliphatic heterocycles. The maximum Gasteiger partial charge on any atom is 0.116 e. The number of rotatable bonds is 5. The van der Waals surface area contributed by atoms with E-state index in [2.05, 4.69) is 40.7 Å². The Morgan fingerprint density at radius 1 is 1.44 bits per heavy atom. The lowest BCUT2D eigenvalue weighted by Crippen LogP contribution is -2.16. The fourth-order valence-electron chi connectivity index (χ4n) is 1.85. The predicted octanol–water partition coefficient (Wildman–Crippen LogP) is 2.92. The maximum atomic E-state index is 6.29. The molecule has 0 amide bonds. The molecule has 2 N–H and O–H groups in total. The molecule has 1 atom stereocenters. The van der Waals surface area contributed by atoms with E-state index in [1.54, 1.807) is 11.3 Å². The lowest BCUT2D eigenvalue weighted by atomic mass is 10.1. The second-order valence-corrected chi connectivity index (χ2v) is 5.64. The van der Waals surface area contributed by atoms with Crippen molar-refractivity contribution in [1.82, 2.24) is 14.5 Å². The van der Waals surface area contributed by atoms with Gasteiger partial charge in [0, 0.05) is 11.9 Å². The Morgan fingerprint density at radius 3 is 2.83 bits per heavy atom. The number of nitrogens with two attached hydrogens (primary N) is 1. The number of nitrogens with zero attached hydrogens (tertiary/aromatic N) is 3. The highest BCUT2D eigenvalue weighted by atomic mass is 32.1. The SMILES string of the molecule is CCCn1cncc1C(N)c1nc(C(C)C)cs1. The van der Waals surface area contributed by atoms with Crippen LogP contribution in [0.3, 0.4) is 0 Å². The summed E-state index contributed by atoms with van der Waals surface area (Å²) in [4.78, 5) is 8.81. The molecule has 2 aromatic heterocycles. The molecule has 0 saturated carbocycles. The van der Waals surface area contributed by atoms with Crippen LogP contribution >= 0.6 is 11.3 Å². The number of imidazole rings is 1. The first kappa shape index (κ1) is 13.2. The minimum atomic E-state index is -0.170. The van der Waals surface area contributed by atoms with Crippen LogP contribution in [0.15, 0.2) is 17.9 Å². The Labute approximate surface area is 112 Å². The van der Waals surface area contributed by atoms with E-state index in [-0.39, 0.29) is 6.04 Å². The summed E-state index contributed by atoms with van der Waals surface area (Å²) >= 11 is 1.63. The van der Waals surface area contributed by atoms with Crippen LogP contribution in [0.1, 0.15) is 55.5 Å². The van der Waals surface area contributed by atoms with Crippen molar-refractivity contribution in [3.8, 4) is 0 Å². The highest BCUT2D eigenvalue weighted by Crippen LogP contribution is 2.25. The van der Waals surface area contributed by atoms with E-state index in [0.29, 0.717) is 5.92 Å². The molecule has 1 unspecified atom stereocenters. The van der Waals surface area contributed by atoms with Crippen LogP contribution in [-0.2, 0) is 6.54 Å². The van der Waals surface area contributed by atoms with Crippen molar-refractivity contribution in [3.05, 3.63) is 34.3 Å². The number of aryl methyl sites for hydroxylation is 1. The number of hydrogen-bond acceptors (Lipinski definition) is 4. The molecule has 0 radical (unpaired) electrons. The standard InChI is InChI=1S/C13H20N4S/c1-4-5-17-8-15-6-11(17)12(14)13-16-10(7-18-13)9(2)3/h6-9,12H,4-5,14H2,1-3H3. The third-order valence-corrected chi connectivity index (χ3v) is 3.87. The molecule has 18 heavy (non-hydrogen) atoms. The Morgan fingerprint density at radius 2 is 2.22 bits per heavy atom. The molecule has 2 rings (SSSR count). The van der Waals surface area contributed by atoms with Crippen LogP contribution in [-0.4, -0.2) is 14.5 Å². The Bertz CT molecular complexity index is 501. The van der Waals surface area contributed by atoms with Crippen LogP contribution in [0.2, 0.25) is 0 Å². The van der Waals surface area contributed by atoms with Crippen LogP contribution in [0, 0.1) is 0 Å². The van der Waals surface area contributed by atoms with Gasteiger partial charge in [0.2, 0.25) is 0 Å². The minimum Gasteiger partial charge on any atom is -0.333 e. The summed E-state index contributed by atoms with van der Waals surface area (Å²) in [6.07, 6.45) is 4.76. The molecule has 0 aliphatic carbocycles. The third-order valence-electron chi connectivity index (χ3n) is 2.92. The molecule has 4 nitrogen and oxygen atoms in total. The van der Waals surface area contributed by atoms with Crippen molar-refractivity contribution >= 4 is 11.3 Å². The molecule has 0 aliphatic rings. The Balaban J connectivity index is 2.23. The van der Waals surface area contributed by atoms with Gasteiger partial charge in [-0.05, 0) is 12.3 Å². The minimum absolute atomic E-state index is 0.170. The first-order valence-electron chi connectivity index (χ1n) is 6.34. The lowest BCUT2D eigenvalue weighted by Gasteiger charge is -2.11. The van der Waals surface area contributed by atoms with Crippen molar-refractivity contribution in [3.63, 3.8) is 0 Å². The van der Waals surface area contributed by atoms with Gasteiger partial charge in [-0.3, -0.25) is 0 Å². The van der Waals surface area contributed by atoms with Gasteiger partial charge in [0.1, 0.15) is 5.01 Å². The fourth-order valence-corrected chi connectivity index (χ4v) is 2.84. The molecular weight excluding hydrogens is 244 g/mol. The largest absolute Gasteiger partial charge is 0.333 e. The van der Waals surface area contributed by atoms with Crippen LogP contribution in [0.25, 0.3) is 0 Å². The average Bonchev–Trinajstić information content (AvgIpc) is 2.97. The summed E-state index contributed by atoms with van der Waals surface area (Å²) in [6, 6.07) is -0.170. The van der Waals surface area contributed by atoms with Gasteiger partial charge in [-0.25, -0.2) is 9.97 Å². The second-order valence-electron chi connectivity index (χ2n) is 4.75. The fraction of sp³-hybridized carbons (Fsp3) is 0.538. The average molecular weight is 264 g/mol. The Hall–Kier alpha value is -1.20. The van der Waals surface area contributed by atoms with Gasteiger partial charge in [-0.2, -0.15) is 0 Å². The van der Waals surface area contributed by atoms with E-state index < -0.39 is 0 Å². The van der Waals surface area contributed by atoms with Gasteiger partial charge in [0.15, 0.2) is 0 Å². The monoisotopic (exact) mass is 264 g/mol. The van der Waals surface area contributed by atoms with Crippen molar-refractivity contribution in [2.24, 2.45) is 5.73 Å². The van der Waals surface area contributed by atoms with Gasteiger partial charge in [-0.15, -0.1) is 11.3 Å². The summed E-state index contributed by atoms with van der Waals surface area (Å²) in [5.41, 5.74) is 8.45. The Kier molecular flexibility index (Phi) is 4.14. The molecule has 2 heterocycles. The zero-order chi connectivity index (χ0) is 13.1. The van der Waals surface area contributed by atoms with E-state index in [1.165, 1.54) is 0 Å². The molecule has 98 valence electrons. The normalized spacial score (nSPS) is 13.2. The highest BCUT2D eigenvalue weighted by molar-refractivity contribution is 7.09. The summed E-state index contributed by atoms with van der Waals surface area (Å²) in [6.45, 7) is 7.39. The van der Waals surface area contributed by atoms with Crippen LogP contribution < -0.4 is 5.73 Å². The van der Waals surface area contributed by atoms with Crippen molar-refractivity contribution in [1.29, 1.82) is 0 Å². The third kappa shape index (κ3) is 2.62.